The predicted octanol–water partition coefficient (Wildman–Crippen LogP) is 1.24. The van der Waals surface area contributed by atoms with E-state index in [1.165, 1.54) is 4.57 Å². The summed E-state index contributed by atoms with van der Waals surface area (Å²) in [5.41, 5.74) is 1.03. The summed E-state index contributed by atoms with van der Waals surface area (Å²) in [6.45, 7) is 1.30. The van der Waals surface area contributed by atoms with Gasteiger partial charge >= 0.3 is 5.76 Å². The molecule has 2 aromatic heterocycles. The maximum absolute atomic E-state index is 11.5. The third-order valence-electron chi connectivity index (χ3n) is 2.10. The van der Waals surface area contributed by atoms with Crippen molar-refractivity contribution in [3.05, 3.63) is 28.9 Å². The maximum atomic E-state index is 11.5. The van der Waals surface area contributed by atoms with Gasteiger partial charge < -0.3 is 9.15 Å². The number of aromatic nitrogens is 2. The molecule has 16 heavy (non-hydrogen) atoms. The Morgan fingerprint density at radius 3 is 3.19 bits per heavy atom. The fourth-order valence-electron chi connectivity index (χ4n) is 1.41. The van der Waals surface area contributed by atoms with Crippen LogP contribution in [0.2, 0.25) is 0 Å². The zero-order chi connectivity index (χ0) is 11.4. The van der Waals surface area contributed by atoms with Crippen LogP contribution in [0.3, 0.4) is 0 Å². The highest BCUT2D eigenvalue weighted by molar-refractivity contribution is 6.17. The first-order chi connectivity index (χ1) is 7.83. The van der Waals surface area contributed by atoms with Crippen molar-refractivity contribution in [2.24, 2.45) is 0 Å². The molecule has 6 heteroatoms. The summed E-state index contributed by atoms with van der Waals surface area (Å²) >= 11 is 5.46. The Bertz CT molecular complexity index is 520. The summed E-state index contributed by atoms with van der Waals surface area (Å²) in [6.07, 6.45) is 1.62. The molecule has 0 amide bonds. The van der Waals surface area contributed by atoms with E-state index in [1.54, 1.807) is 18.3 Å². The van der Waals surface area contributed by atoms with Gasteiger partial charge in [-0.15, -0.1) is 11.6 Å². The molecule has 2 aromatic rings. The van der Waals surface area contributed by atoms with Gasteiger partial charge in [-0.25, -0.2) is 9.78 Å². The first-order valence-corrected chi connectivity index (χ1v) is 5.44. The highest BCUT2D eigenvalue weighted by Gasteiger charge is 2.08. The maximum Gasteiger partial charge on any atom is 0.421 e. The molecule has 0 radical (unpaired) electrons. The third kappa shape index (κ3) is 2.25. The Morgan fingerprint density at radius 1 is 1.50 bits per heavy atom. The van der Waals surface area contributed by atoms with Gasteiger partial charge in [0, 0.05) is 12.1 Å². The molecule has 5 nitrogen and oxygen atoms in total. The summed E-state index contributed by atoms with van der Waals surface area (Å²) in [4.78, 5) is 15.6. The van der Waals surface area contributed by atoms with E-state index in [-0.39, 0.29) is 0 Å². The summed E-state index contributed by atoms with van der Waals surface area (Å²) in [5.74, 6) is 0.0300. The number of nitrogens with zero attached hydrogens (tertiary/aromatic N) is 2. The van der Waals surface area contributed by atoms with Crippen molar-refractivity contribution in [1.82, 2.24) is 9.55 Å². The highest BCUT2D eigenvalue weighted by Crippen LogP contribution is 2.07. The van der Waals surface area contributed by atoms with Gasteiger partial charge in [0.05, 0.1) is 19.8 Å². The van der Waals surface area contributed by atoms with E-state index in [0.717, 1.165) is 0 Å². The fraction of sp³-hybridized carbons (Fsp3) is 0.400. The number of hydrogen-bond acceptors (Lipinski definition) is 4. The molecule has 0 aliphatic carbocycles. The summed E-state index contributed by atoms with van der Waals surface area (Å²) < 4.78 is 11.7. The molecule has 86 valence electrons. The number of hydrogen-bond donors (Lipinski definition) is 0. The zero-order valence-electron chi connectivity index (χ0n) is 8.56. The van der Waals surface area contributed by atoms with E-state index in [4.69, 9.17) is 20.8 Å². The van der Waals surface area contributed by atoms with E-state index in [0.29, 0.717) is 36.9 Å². The molecular formula is C10H11ClN2O3. The Balaban J connectivity index is 2.16. The third-order valence-corrected chi connectivity index (χ3v) is 2.26. The quantitative estimate of drug-likeness (QED) is 0.585. The molecule has 0 aliphatic rings. The van der Waals surface area contributed by atoms with Crippen molar-refractivity contribution in [1.29, 1.82) is 0 Å². The normalized spacial score (nSPS) is 11.1. The van der Waals surface area contributed by atoms with E-state index in [9.17, 15) is 4.79 Å². The first-order valence-electron chi connectivity index (χ1n) is 4.91. The SMILES string of the molecule is O=c1oc2cccnc2n1CCOCCCl. The van der Waals surface area contributed by atoms with Gasteiger partial charge in [0.25, 0.3) is 0 Å². The van der Waals surface area contributed by atoms with Gasteiger partial charge in [-0.2, -0.15) is 0 Å². The van der Waals surface area contributed by atoms with Crippen molar-refractivity contribution in [2.75, 3.05) is 19.1 Å². The van der Waals surface area contributed by atoms with Crippen LogP contribution in [0.4, 0.5) is 0 Å². The van der Waals surface area contributed by atoms with E-state index in [1.807, 2.05) is 0 Å². The van der Waals surface area contributed by atoms with Crippen molar-refractivity contribution < 1.29 is 9.15 Å². The Morgan fingerprint density at radius 2 is 2.38 bits per heavy atom. The molecule has 0 aromatic carbocycles. The molecule has 0 fully saturated rings. The number of oxazole rings is 1. The van der Waals surface area contributed by atoms with Crippen LogP contribution in [-0.2, 0) is 11.3 Å². The van der Waals surface area contributed by atoms with Crippen molar-refractivity contribution >= 4 is 22.8 Å². The van der Waals surface area contributed by atoms with Crippen LogP contribution in [0.25, 0.3) is 11.2 Å². The number of rotatable bonds is 5. The minimum absolute atomic E-state index is 0.414. The number of fused-ring (bicyclic) bond motifs is 1. The summed E-state index contributed by atoms with van der Waals surface area (Å²) in [6, 6.07) is 3.43. The highest BCUT2D eigenvalue weighted by atomic mass is 35.5. The van der Waals surface area contributed by atoms with Gasteiger partial charge in [0.1, 0.15) is 0 Å². The zero-order valence-corrected chi connectivity index (χ0v) is 9.31. The van der Waals surface area contributed by atoms with Gasteiger partial charge in [0.15, 0.2) is 11.2 Å². The van der Waals surface area contributed by atoms with Crippen molar-refractivity contribution in [3.8, 4) is 0 Å². The molecule has 2 heterocycles. The smallest absolute Gasteiger partial charge is 0.406 e. The monoisotopic (exact) mass is 242 g/mol. The summed E-state index contributed by atoms with van der Waals surface area (Å²) in [7, 11) is 0. The second-order valence-corrected chi connectivity index (χ2v) is 3.52. The molecule has 0 aliphatic heterocycles. The lowest BCUT2D eigenvalue weighted by atomic mass is 10.4. The van der Waals surface area contributed by atoms with Crippen LogP contribution in [0.1, 0.15) is 0 Å². The van der Waals surface area contributed by atoms with Gasteiger partial charge in [-0.3, -0.25) is 4.57 Å². The van der Waals surface area contributed by atoms with E-state index in [2.05, 4.69) is 4.98 Å². The Kier molecular flexibility index (Phi) is 3.58. The second kappa shape index (κ2) is 5.14. The lowest BCUT2D eigenvalue weighted by molar-refractivity contribution is 0.139. The Hall–Kier alpha value is -1.33. The van der Waals surface area contributed by atoms with Crippen LogP contribution in [-0.4, -0.2) is 28.6 Å². The minimum atomic E-state index is -0.414. The average Bonchev–Trinajstić information content (AvgIpc) is 2.61. The molecule has 0 bridgehead atoms. The van der Waals surface area contributed by atoms with Crippen LogP contribution >= 0.6 is 11.6 Å². The van der Waals surface area contributed by atoms with Crippen molar-refractivity contribution in [3.63, 3.8) is 0 Å². The topological polar surface area (TPSA) is 57.3 Å². The predicted molar refractivity (Wildman–Crippen MR) is 59.8 cm³/mol. The van der Waals surface area contributed by atoms with E-state index >= 15 is 0 Å². The lowest BCUT2D eigenvalue weighted by Crippen LogP contribution is -2.18. The average molecular weight is 243 g/mol. The second-order valence-electron chi connectivity index (χ2n) is 3.15. The van der Waals surface area contributed by atoms with Gasteiger partial charge in [-0.1, -0.05) is 0 Å². The number of pyridine rings is 1. The molecule has 2 rings (SSSR count). The van der Waals surface area contributed by atoms with Crippen LogP contribution in [0.15, 0.2) is 27.5 Å². The summed E-state index contributed by atoms with van der Waals surface area (Å²) in [5, 5.41) is 0. The molecule has 0 saturated carbocycles. The number of alkyl halides is 1. The fourth-order valence-corrected chi connectivity index (χ4v) is 1.52. The number of ether oxygens (including phenoxy) is 1. The van der Waals surface area contributed by atoms with E-state index < -0.39 is 5.76 Å². The first kappa shape index (κ1) is 11.2. The Labute approximate surface area is 96.6 Å². The lowest BCUT2D eigenvalue weighted by Gasteiger charge is -2.01. The number of halogens is 1. The molecule has 0 N–H and O–H groups in total. The molecule has 0 unspecified atom stereocenters. The van der Waals surface area contributed by atoms with Gasteiger partial charge in [-0.05, 0) is 12.1 Å². The van der Waals surface area contributed by atoms with Crippen LogP contribution in [0.5, 0.6) is 0 Å². The molecule has 0 saturated heterocycles. The molecular weight excluding hydrogens is 232 g/mol. The van der Waals surface area contributed by atoms with Gasteiger partial charge in [0.2, 0.25) is 0 Å². The minimum Gasteiger partial charge on any atom is -0.406 e. The van der Waals surface area contributed by atoms with Crippen LogP contribution < -0.4 is 5.76 Å². The molecule has 0 atom stereocenters. The van der Waals surface area contributed by atoms with Crippen molar-refractivity contribution in [2.45, 2.75) is 6.54 Å². The standard InChI is InChI=1S/C10H11ClN2O3/c11-3-6-15-7-5-13-9-8(16-10(13)14)2-1-4-12-9/h1-2,4H,3,5-7H2. The van der Waals surface area contributed by atoms with Crippen LogP contribution in [0, 0.1) is 0 Å². The molecule has 0 spiro atoms. The largest absolute Gasteiger partial charge is 0.421 e.